The summed E-state index contributed by atoms with van der Waals surface area (Å²) in [7, 11) is 0. The third-order valence-electron chi connectivity index (χ3n) is 31.1. The number of fused-ring (bicyclic) bond motifs is 15. The minimum Gasteiger partial charge on any atom is -0.245 e. The molecule has 0 N–H and O–H groups in total. The molecule has 0 radical (unpaired) electrons. The Morgan fingerprint density at radius 2 is 0.320 bits per heavy atom. The maximum Gasteiger partial charge on any atom is 0.0978 e. The van der Waals surface area contributed by atoms with Gasteiger partial charge in [0.1, 0.15) is 0 Å². The lowest BCUT2D eigenvalue weighted by molar-refractivity contribution is 1.33. The van der Waals surface area contributed by atoms with E-state index >= 15 is 0 Å². The first-order valence-electron chi connectivity index (χ1n) is 52.0. The zero-order valence-electron chi connectivity index (χ0n) is 86.3. The molecule has 6 heteroatoms. The highest BCUT2D eigenvalue weighted by molar-refractivity contribution is 6.20. The molecule has 0 bridgehead atoms. The van der Waals surface area contributed by atoms with Crippen molar-refractivity contribution in [3.63, 3.8) is 0 Å². The molecule has 0 saturated carbocycles. The third-order valence-corrected chi connectivity index (χ3v) is 31.1. The fourth-order valence-corrected chi connectivity index (χ4v) is 23.9. The summed E-state index contributed by atoms with van der Waals surface area (Å²) in [5.41, 5.74) is 47.0. The highest BCUT2D eigenvalue weighted by atomic mass is 14.8. The Morgan fingerprint density at radius 3 is 0.587 bits per heavy atom. The van der Waals surface area contributed by atoms with Crippen LogP contribution in [0.4, 0.5) is 0 Å². The average Bonchev–Trinajstić information content (AvgIpc) is 0.723. The standard InChI is InChI=1S/C50H40N2.C48H36N2.C46H32N2/c1-29-15-13-21-37-31(3)25-33(5)47(45(29)37)43-27-41(35-17-9-7-10-18-35)39-23-24-40-42(36-19-11-8-12-20-36)28-44(52-50(40)49(39)51-43)48-34(6)26-32(4)38-22-14-16-30(2)46(38)48;1-29-13-11-19-35-23-21-31(3)45(43(29)35)41-27-39(33-15-7-5-8-16-33)37-25-26-38-40(34-17-9-6-10-18-34)28-42(50-48(38)47(37)49-41)46-32(4)22-24-36-20-12-14-30(2)44(36)46;1-29-21-23-33-17-9-11-19-35(33)43(29)41-27-39(31-13-5-3-6-14-31)37-25-26-38-40(32-15-7-4-8-16-32)28-42(48-46(38)45(37)47-41)44-30(2)22-24-34-18-10-12-20-36(34)44/h7-28H,1-6H3;5-28H,1-4H3;3-28H,1-2H3. The van der Waals surface area contributed by atoms with Crippen molar-refractivity contribution < 1.29 is 0 Å². The predicted octanol–water partition coefficient (Wildman–Crippen LogP) is 39.0. The quantitative estimate of drug-likeness (QED) is 0.113. The molecule has 21 aromatic carbocycles. The molecule has 0 atom stereocenters. The number of aromatic nitrogens is 6. The van der Waals surface area contributed by atoms with Gasteiger partial charge in [0.05, 0.1) is 67.3 Å². The van der Waals surface area contributed by atoms with Crippen molar-refractivity contribution in [2.24, 2.45) is 0 Å². The lowest BCUT2D eigenvalue weighted by Crippen LogP contribution is -1.99. The Morgan fingerprint density at radius 1 is 0.120 bits per heavy atom. The molecular weight excluding hydrogens is 1810 g/mol. The summed E-state index contributed by atoms with van der Waals surface area (Å²) < 4.78 is 0. The summed E-state index contributed by atoms with van der Waals surface area (Å²) in [6.07, 6.45) is 0. The van der Waals surface area contributed by atoms with Crippen molar-refractivity contribution >= 4 is 130 Å². The average molecular weight is 1920 g/mol. The monoisotopic (exact) mass is 1920 g/mol. The van der Waals surface area contributed by atoms with Gasteiger partial charge in [0.2, 0.25) is 0 Å². The zero-order chi connectivity index (χ0) is 102. The van der Waals surface area contributed by atoms with Crippen LogP contribution < -0.4 is 0 Å². The summed E-state index contributed by atoms with van der Waals surface area (Å²) in [5.74, 6) is 0. The molecular formula is C144H108N6. The van der Waals surface area contributed by atoms with Gasteiger partial charge in [0.25, 0.3) is 0 Å². The molecule has 0 spiro atoms. The minimum atomic E-state index is 0.910. The summed E-state index contributed by atoms with van der Waals surface area (Å²) in [6.45, 7) is 26.5. The number of hydrogen-bond donors (Lipinski definition) is 0. The van der Waals surface area contributed by atoms with Crippen molar-refractivity contribution in [2.75, 3.05) is 0 Å². The van der Waals surface area contributed by atoms with E-state index in [1.54, 1.807) is 0 Å². The molecule has 6 heterocycles. The van der Waals surface area contributed by atoms with Crippen LogP contribution in [0.3, 0.4) is 0 Å². The van der Waals surface area contributed by atoms with Crippen LogP contribution >= 0.6 is 0 Å². The van der Waals surface area contributed by atoms with E-state index in [1.165, 1.54) is 154 Å². The first-order chi connectivity index (χ1) is 73.4. The van der Waals surface area contributed by atoms with Crippen molar-refractivity contribution in [1.82, 2.24) is 29.9 Å². The second kappa shape index (κ2) is 38.2. The molecule has 6 nitrogen and oxygen atoms in total. The van der Waals surface area contributed by atoms with Crippen molar-refractivity contribution in [2.45, 2.75) is 83.1 Å². The fraction of sp³-hybridized carbons (Fsp3) is 0.0833. The summed E-state index contributed by atoms with van der Waals surface area (Å²) >= 11 is 0. The van der Waals surface area contributed by atoms with Crippen LogP contribution in [0.2, 0.25) is 0 Å². The van der Waals surface area contributed by atoms with E-state index < -0.39 is 0 Å². The van der Waals surface area contributed by atoms with E-state index in [1.807, 2.05) is 0 Å². The topological polar surface area (TPSA) is 77.3 Å². The Hall–Kier alpha value is -18.4. The van der Waals surface area contributed by atoms with Gasteiger partial charge in [-0.2, -0.15) is 0 Å². The van der Waals surface area contributed by atoms with E-state index in [9.17, 15) is 0 Å². The molecule has 6 aromatic heterocycles. The molecule has 0 fully saturated rings. The summed E-state index contributed by atoms with van der Waals surface area (Å²) in [4.78, 5) is 33.7. The Kier molecular flexibility index (Phi) is 23.6. The molecule has 0 saturated heterocycles. The minimum absolute atomic E-state index is 0.910. The largest absolute Gasteiger partial charge is 0.245 e. The molecule has 0 amide bonds. The van der Waals surface area contributed by atoms with Gasteiger partial charge in [-0.3, -0.25) is 0 Å². The van der Waals surface area contributed by atoms with Gasteiger partial charge in [-0.1, -0.05) is 400 Å². The third kappa shape index (κ3) is 16.3. The Labute approximate surface area is 874 Å². The van der Waals surface area contributed by atoms with Gasteiger partial charge in [0, 0.05) is 65.7 Å². The highest BCUT2D eigenvalue weighted by Gasteiger charge is 2.28. The van der Waals surface area contributed by atoms with Crippen LogP contribution in [0.15, 0.2) is 437 Å². The van der Waals surface area contributed by atoms with E-state index in [-0.39, 0.29) is 0 Å². The lowest BCUT2D eigenvalue weighted by Gasteiger charge is -2.19. The van der Waals surface area contributed by atoms with Crippen LogP contribution in [-0.2, 0) is 0 Å². The molecule has 27 rings (SSSR count). The lowest BCUT2D eigenvalue weighted by atomic mass is 9.88. The molecule has 27 aromatic rings. The van der Waals surface area contributed by atoms with Crippen LogP contribution in [-0.4, -0.2) is 29.9 Å². The number of aryl methyl sites for hydroxylation is 12. The van der Waals surface area contributed by atoms with Gasteiger partial charge < -0.3 is 0 Å². The van der Waals surface area contributed by atoms with E-state index in [0.29, 0.717) is 0 Å². The predicted molar refractivity (Wildman–Crippen MR) is 638 cm³/mol. The van der Waals surface area contributed by atoms with Crippen molar-refractivity contribution in [3.05, 3.63) is 504 Å². The molecule has 0 unspecified atom stereocenters. The van der Waals surface area contributed by atoms with E-state index in [2.05, 4.69) is 520 Å². The maximum atomic E-state index is 5.67. The number of hydrogen-bond acceptors (Lipinski definition) is 6. The number of pyridine rings is 6. The molecule has 150 heavy (non-hydrogen) atoms. The SMILES string of the molecule is Cc1cc(C)c2cccc(C)c2c1-c1cc(-c2ccccc2)c2ccc3c(-c4ccccc4)cc(-c4c(C)cc(C)c5cccc(C)c45)nc3c2n1.Cc1ccc2cccc(C)c2c1-c1cc(-c2ccccc2)c2ccc3c(-c4ccccc4)cc(-c4c(C)ccc5cccc(C)c45)nc3c2n1.Cc1ccc2ccccc2c1-c1cc(-c2ccccc2)c2ccc3c(-c4ccccc4)cc(-c4c(C)ccc5ccccc45)nc3c2n1. The number of benzene rings is 21. The summed E-state index contributed by atoms with van der Waals surface area (Å²) in [6, 6.07) is 157. The van der Waals surface area contributed by atoms with Crippen LogP contribution in [0.1, 0.15) is 66.8 Å². The molecule has 0 aliphatic rings. The fourth-order valence-electron chi connectivity index (χ4n) is 23.9. The highest BCUT2D eigenvalue weighted by Crippen LogP contribution is 2.51. The second-order valence-corrected chi connectivity index (χ2v) is 40.7. The normalized spacial score (nSPS) is 11.6. The van der Waals surface area contributed by atoms with Gasteiger partial charge in [-0.15, -0.1) is 0 Å². The molecule has 0 aliphatic heterocycles. The zero-order valence-corrected chi connectivity index (χ0v) is 86.3. The second-order valence-electron chi connectivity index (χ2n) is 40.7. The van der Waals surface area contributed by atoms with Crippen LogP contribution in [0.25, 0.3) is 264 Å². The Bertz CT molecular complexity index is 9600. The van der Waals surface area contributed by atoms with Crippen molar-refractivity contribution in [3.8, 4) is 134 Å². The first-order valence-corrected chi connectivity index (χ1v) is 52.0. The van der Waals surface area contributed by atoms with E-state index in [0.717, 1.165) is 177 Å². The smallest absolute Gasteiger partial charge is 0.0978 e. The van der Waals surface area contributed by atoms with Crippen molar-refractivity contribution in [1.29, 1.82) is 0 Å². The summed E-state index contributed by atoms with van der Waals surface area (Å²) in [5, 5.41) is 21.4. The van der Waals surface area contributed by atoms with Gasteiger partial charge in [0.15, 0.2) is 0 Å². The van der Waals surface area contributed by atoms with Crippen LogP contribution in [0.5, 0.6) is 0 Å². The number of nitrogens with zero attached hydrogens (tertiary/aromatic N) is 6. The van der Waals surface area contributed by atoms with Gasteiger partial charge in [-0.05, 0) is 318 Å². The molecule has 0 aliphatic carbocycles. The van der Waals surface area contributed by atoms with E-state index in [4.69, 9.17) is 29.9 Å². The van der Waals surface area contributed by atoms with Gasteiger partial charge >= 0.3 is 0 Å². The maximum absolute atomic E-state index is 5.67. The molecule has 714 valence electrons. The Balaban J connectivity index is 0.000000117. The first kappa shape index (κ1) is 92.7. The van der Waals surface area contributed by atoms with Crippen LogP contribution in [0, 0.1) is 83.1 Å². The number of rotatable bonds is 12. The van der Waals surface area contributed by atoms with Gasteiger partial charge in [-0.25, -0.2) is 29.9 Å².